The Kier molecular flexibility index (Phi) is 7.60. The second kappa shape index (κ2) is 11.1. The Morgan fingerprint density at radius 3 is 2.33 bits per heavy atom. The van der Waals surface area contributed by atoms with Gasteiger partial charge in [0.05, 0.1) is 27.0 Å². The summed E-state index contributed by atoms with van der Waals surface area (Å²) in [5.74, 6) is -0.433. The van der Waals surface area contributed by atoms with Crippen LogP contribution in [0.15, 0.2) is 112 Å². The quantitative estimate of drug-likeness (QED) is 0.147. The van der Waals surface area contributed by atoms with Crippen molar-refractivity contribution in [1.29, 1.82) is 0 Å². The van der Waals surface area contributed by atoms with Crippen LogP contribution >= 0.6 is 27.3 Å². The largest absolute Gasteiger partial charge is 0.280 e. The number of benzene rings is 4. The van der Waals surface area contributed by atoms with Crippen LogP contribution in [0.1, 0.15) is 21.5 Å². The summed E-state index contributed by atoms with van der Waals surface area (Å²) < 4.78 is 29.4. The number of amides is 1. The molecule has 0 N–H and O–H groups in total. The average molecular weight is 620 g/mol. The summed E-state index contributed by atoms with van der Waals surface area (Å²) in [6.07, 6.45) is 1.60. The molecule has 0 aliphatic rings. The van der Waals surface area contributed by atoms with Gasteiger partial charge in [-0.25, -0.2) is 13.4 Å². The number of carbonyl (C=O) groups is 1. The normalized spacial score (nSPS) is 11.7. The van der Waals surface area contributed by atoms with E-state index in [1.807, 2.05) is 55.5 Å². The van der Waals surface area contributed by atoms with Crippen molar-refractivity contribution in [3.63, 3.8) is 0 Å². The fourth-order valence-corrected chi connectivity index (χ4v) is 6.44. The number of para-hydroxylation sites is 1. The Bertz CT molecular complexity index is 1770. The van der Waals surface area contributed by atoms with Crippen molar-refractivity contribution in [2.45, 2.75) is 11.8 Å². The molecule has 1 aromatic heterocycles. The standard InChI is InChI=1S/C29H23BrN4O3S2/c1-20-8-10-21(11-9-20)19-31-34(29-32-26-17-14-23(30)18-27(26)38-29)28(35)22-12-15-25(16-13-22)39(36,37)33(2)24-6-4-3-5-7-24/h3-19H,1-2H3/b31-19+. The Hall–Kier alpha value is -3.86. The topological polar surface area (TPSA) is 82.9 Å². The number of aryl methyl sites for hydroxylation is 1. The molecule has 0 radical (unpaired) electrons. The van der Waals surface area contributed by atoms with E-state index in [2.05, 4.69) is 26.0 Å². The summed E-state index contributed by atoms with van der Waals surface area (Å²) >= 11 is 4.81. The van der Waals surface area contributed by atoms with Crippen molar-refractivity contribution in [2.24, 2.45) is 5.10 Å². The van der Waals surface area contributed by atoms with Crippen LogP contribution in [0.5, 0.6) is 0 Å². The van der Waals surface area contributed by atoms with Crippen LogP contribution in [0.2, 0.25) is 0 Å². The van der Waals surface area contributed by atoms with Gasteiger partial charge in [-0.1, -0.05) is 75.3 Å². The molecule has 1 heterocycles. The van der Waals surface area contributed by atoms with Gasteiger partial charge in [0.1, 0.15) is 0 Å². The molecule has 196 valence electrons. The van der Waals surface area contributed by atoms with Crippen LogP contribution in [0, 0.1) is 6.92 Å². The number of hydrogen-bond acceptors (Lipinski definition) is 6. The van der Waals surface area contributed by atoms with E-state index in [1.165, 1.54) is 52.0 Å². The first kappa shape index (κ1) is 26.7. The highest BCUT2D eigenvalue weighted by Gasteiger charge is 2.24. The van der Waals surface area contributed by atoms with Crippen LogP contribution in [-0.4, -0.2) is 32.6 Å². The first-order valence-electron chi connectivity index (χ1n) is 11.9. The minimum atomic E-state index is -3.81. The number of hydrazone groups is 1. The van der Waals surface area contributed by atoms with Crippen molar-refractivity contribution < 1.29 is 13.2 Å². The highest BCUT2D eigenvalue weighted by Crippen LogP contribution is 2.32. The van der Waals surface area contributed by atoms with E-state index in [9.17, 15) is 13.2 Å². The van der Waals surface area contributed by atoms with Crippen molar-refractivity contribution in [2.75, 3.05) is 16.4 Å². The predicted octanol–water partition coefficient (Wildman–Crippen LogP) is 6.87. The molecule has 0 saturated carbocycles. The van der Waals surface area contributed by atoms with Gasteiger partial charge in [0.2, 0.25) is 5.13 Å². The fraction of sp³-hybridized carbons (Fsp3) is 0.0690. The van der Waals surface area contributed by atoms with Crippen molar-refractivity contribution in [3.05, 3.63) is 118 Å². The van der Waals surface area contributed by atoms with Crippen molar-refractivity contribution in [1.82, 2.24) is 4.98 Å². The van der Waals surface area contributed by atoms with Gasteiger partial charge in [-0.05, 0) is 67.1 Å². The van der Waals surface area contributed by atoms with Gasteiger partial charge in [-0.2, -0.15) is 10.1 Å². The van der Waals surface area contributed by atoms with Crippen LogP contribution in [-0.2, 0) is 10.0 Å². The molecule has 0 bridgehead atoms. The molecule has 1 amide bonds. The van der Waals surface area contributed by atoms with Gasteiger partial charge in [0.15, 0.2) is 0 Å². The summed E-state index contributed by atoms with van der Waals surface area (Å²) in [6.45, 7) is 2.00. The molecule has 0 aliphatic heterocycles. The summed E-state index contributed by atoms with van der Waals surface area (Å²) in [4.78, 5) is 18.4. The highest BCUT2D eigenvalue weighted by atomic mass is 79.9. The maximum absolute atomic E-state index is 13.7. The number of thiazole rings is 1. The number of carbonyl (C=O) groups excluding carboxylic acids is 1. The van der Waals surface area contributed by atoms with Crippen LogP contribution in [0.25, 0.3) is 10.2 Å². The van der Waals surface area contributed by atoms with E-state index in [0.717, 1.165) is 25.8 Å². The molecule has 39 heavy (non-hydrogen) atoms. The van der Waals surface area contributed by atoms with Gasteiger partial charge in [-0.15, -0.1) is 0 Å². The lowest BCUT2D eigenvalue weighted by Crippen LogP contribution is -2.27. The minimum absolute atomic E-state index is 0.0740. The molecule has 0 fully saturated rings. The maximum Gasteiger partial charge on any atom is 0.280 e. The Balaban J connectivity index is 1.48. The minimum Gasteiger partial charge on any atom is -0.269 e. The number of rotatable bonds is 7. The zero-order valence-corrected chi connectivity index (χ0v) is 24.2. The first-order valence-corrected chi connectivity index (χ1v) is 14.9. The molecule has 0 atom stereocenters. The van der Waals surface area contributed by atoms with Crippen LogP contribution in [0.3, 0.4) is 0 Å². The Morgan fingerprint density at radius 1 is 0.949 bits per heavy atom. The second-order valence-electron chi connectivity index (χ2n) is 8.71. The lowest BCUT2D eigenvalue weighted by molar-refractivity contribution is 0.0987. The number of fused-ring (bicyclic) bond motifs is 1. The molecular formula is C29H23BrN4O3S2. The summed E-state index contributed by atoms with van der Waals surface area (Å²) in [6, 6.07) is 28.1. The lowest BCUT2D eigenvalue weighted by atomic mass is 10.2. The lowest BCUT2D eigenvalue weighted by Gasteiger charge is -2.19. The van der Waals surface area contributed by atoms with E-state index < -0.39 is 15.9 Å². The molecule has 5 aromatic rings. The van der Waals surface area contributed by atoms with E-state index in [1.54, 1.807) is 30.5 Å². The summed E-state index contributed by atoms with van der Waals surface area (Å²) in [5, 5.41) is 6.14. The number of anilines is 2. The van der Waals surface area contributed by atoms with E-state index in [4.69, 9.17) is 0 Å². The van der Waals surface area contributed by atoms with Gasteiger partial charge in [0, 0.05) is 17.1 Å². The van der Waals surface area contributed by atoms with Crippen LogP contribution < -0.4 is 9.31 Å². The third kappa shape index (κ3) is 5.78. The smallest absolute Gasteiger partial charge is 0.269 e. The molecule has 0 aliphatic carbocycles. The second-order valence-corrected chi connectivity index (χ2v) is 12.6. The number of nitrogens with zero attached hydrogens (tertiary/aromatic N) is 4. The average Bonchev–Trinajstić information content (AvgIpc) is 3.37. The number of sulfonamides is 1. The highest BCUT2D eigenvalue weighted by molar-refractivity contribution is 9.10. The Morgan fingerprint density at radius 2 is 1.64 bits per heavy atom. The van der Waals surface area contributed by atoms with Crippen LogP contribution in [0.4, 0.5) is 10.8 Å². The summed E-state index contributed by atoms with van der Waals surface area (Å²) in [5.41, 5.74) is 3.50. The molecule has 0 saturated heterocycles. The van der Waals surface area contributed by atoms with E-state index in [0.29, 0.717) is 10.8 Å². The number of hydrogen-bond donors (Lipinski definition) is 0. The molecule has 10 heteroatoms. The zero-order valence-electron chi connectivity index (χ0n) is 21.0. The Labute approximate surface area is 239 Å². The first-order chi connectivity index (χ1) is 18.7. The molecule has 0 spiro atoms. The van der Waals surface area contributed by atoms with E-state index >= 15 is 0 Å². The fourth-order valence-electron chi connectivity index (χ4n) is 3.77. The summed E-state index contributed by atoms with van der Waals surface area (Å²) in [7, 11) is -2.32. The molecule has 4 aromatic carbocycles. The van der Waals surface area contributed by atoms with Gasteiger partial charge >= 0.3 is 0 Å². The monoisotopic (exact) mass is 618 g/mol. The SMILES string of the molecule is Cc1ccc(/C=N/N(C(=O)c2ccc(S(=O)(=O)N(C)c3ccccc3)cc2)c2nc3ccc(Br)cc3s2)cc1. The van der Waals surface area contributed by atoms with Gasteiger partial charge in [0.25, 0.3) is 15.9 Å². The van der Waals surface area contributed by atoms with Gasteiger partial charge in [-0.3, -0.25) is 9.10 Å². The van der Waals surface area contributed by atoms with Crippen molar-refractivity contribution in [3.8, 4) is 0 Å². The van der Waals surface area contributed by atoms with Gasteiger partial charge < -0.3 is 0 Å². The maximum atomic E-state index is 13.7. The van der Waals surface area contributed by atoms with Crippen molar-refractivity contribution >= 4 is 70.4 Å². The predicted molar refractivity (Wildman–Crippen MR) is 161 cm³/mol. The molecular weight excluding hydrogens is 596 g/mol. The molecule has 7 nitrogen and oxygen atoms in total. The number of halogens is 1. The van der Waals surface area contributed by atoms with E-state index in [-0.39, 0.29) is 10.5 Å². The third-order valence-corrected chi connectivity index (χ3v) is 9.28. The molecule has 0 unspecified atom stereocenters. The molecule has 5 rings (SSSR count). The number of aromatic nitrogens is 1. The zero-order chi connectivity index (χ0) is 27.6. The third-order valence-electron chi connectivity index (χ3n) is 5.99.